The predicted octanol–water partition coefficient (Wildman–Crippen LogP) is 2.69. The van der Waals surface area contributed by atoms with Gasteiger partial charge in [-0.1, -0.05) is 13.8 Å². The minimum Gasteiger partial charge on any atom is -0.497 e. The quantitative estimate of drug-likeness (QED) is 0.565. The van der Waals surface area contributed by atoms with Crippen molar-refractivity contribution >= 4 is 11.9 Å². The number of carbonyl (C=O) groups excluding carboxylic acids is 2. The maximum absolute atomic E-state index is 13.6. The van der Waals surface area contributed by atoms with Crippen LogP contribution in [0.4, 0.5) is 0 Å². The van der Waals surface area contributed by atoms with Gasteiger partial charge in [0, 0.05) is 6.54 Å². The van der Waals surface area contributed by atoms with Crippen LogP contribution in [0, 0.1) is 5.92 Å². The monoisotopic (exact) mass is 501 g/mol. The van der Waals surface area contributed by atoms with Crippen molar-refractivity contribution in [3.05, 3.63) is 35.1 Å². The van der Waals surface area contributed by atoms with E-state index in [1.54, 1.807) is 7.11 Å². The van der Waals surface area contributed by atoms with Crippen molar-refractivity contribution in [1.29, 1.82) is 0 Å². The van der Waals surface area contributed by atoms with E-state index in [1.807, 2.05) is 26.0 Å². The molecule has 1 saturated heterocycles. The summed E-state index contributed by atoms with van der Waals surface area (Å²) in [7, 11) is 2.81. The van der Waals surface area contributed by atoms with Crippen LogP contribution in [0.3, 0.4) is 0 Å². The molecule has 0 aromatic heterocycles. The molecule has 5 rings (SSSR count). The Labute approximate surface area is 211 Å². The minimum atomic E-state index is -2.01. The first-order chi connectivity index (χ1) is 17.2. The number of hydrogen-bond acceptors (Lipinski definition) is 9. The van der Waals surface area contributed by atoms with Crippen molar-refractivity contribution in [2.75, 3.05) is 34.1 Å². The fourth-order valence-electron chi connectivity index (χ4n) is 6.53. The van der Waals surface area contributed by atoms with E-state index in [-0.39, 0.29) is 30.6 Å². The van der Waals surface area contributed by atoms with Crippen molar-refractivity contribution in [3.63, 3.8) is 0 Å². The molecule has 0 saturated carbocycles. The van der Waals surface area contributed by atoms with Gasteiger partial charge < -0.3 is 28.8 Å². The van der Waals surface area contributed by atoms with E-state index in [9.17, 15) is 14.7 Å². The molecule has 1 N–H and O–H groups in total. The number of esters is 2. The highest BCUT2D eigenvalue weighted by Crippen LogP contribution is 2.55. The smallest absolute Gasteiger partial charge is 0.339 e. The number of fused-ring (bicyclic) bond motifs is 3. The number of nitrogens with zero attached hydrogens (tertiary/aromatic N) is 1. The third-order valence-electron chi connectivity index (χ3n) is 7.99. The van der Waals surface area contributed by atoms with E-state index in [4.69, 9.17) is 23.7 Å². The third-order valence-corrected chi connectivity index (χ3v) is 7.99. The molecule has 0 radical (unpaired) electrons. The normalized spacial score (nSPS) is 27.9. The van der Waals surface area contributed by atoms with Crippen LogP contribution in [-0.4, -0.2) is 73.3 Å². The summed E-state index contributed by atoms with van der Waals surface area (Å²) in [5.41, 5.74) is -0.233. The SMILES string of the molecule is COC(=O)CC(O)(CC(C)C)C(=O)OC1C(OC)=CC23CCCN2CCc2cc4c(cc2C13)OCO4. The molecule has 9 nitrogen and oxygen atoms in total. The average molecular weight is 502 g/mol. The Hall–Kier alpha value is -2.78. The molecule has 36 heavy (non-hydrogen) atoms. The van der Waals surface area contributed by atoms with Crippen molar-refractivity contribution in [2.24, 2.45) is 5.92 Å². The number of benzene rings is 1. The first kappa shape index (κ1) is 24.9. The highest BCUT2D eigenvalue weighted by atomic mass is 16.7. The van der Waals surface area contributed by atoms with E-state index >= 15 is 0 Å². The topological polar surface area (TPSA) is 104 Å². The Bertz CT molecular complexity index is 1080. The van der Waals surface area contributed by atoms with Gasteiger partial charge in [-0.3, -0.25) is 9.69 Å². The summed E-state index contributed by atoms with van der Waals surface area (Å²) in [6.45, 7) is 5.72. The van der Waals surface area contributed by atoms with Crippen molar-refractivity contribution in [3.8, 4) is 11.5 Å². The summed E-state index contributed by atoms with van der Waals surface area (Å²) in [5, 5.41) is 11.3. The molecule has 1 aliphatic carbocycles. The maximum Gasteiger partial charge on any atom is 0.339 e. The second kappa shape index (κ2) is 9.27. The second-order valence-corrected chi connectivity index (χ2v) is 10.7. The Balaban J connectivity index is 1.56. The van der Waals surface area contributed by atoms with Gasteiger partial charge >= 0.3 is 11.9 Å². The summed E-state index contributed by atoms with van der Waals surface area (Å²) in [6, 6.07) is 4.04. The van der Waals surface area contributed by atoms with Gasteiger partial charge in [0.25, 0.3) is 0 Å². The fraction of sp³-hybridized carbons (Fsp3) is 0.630. The zero-order valence-corrected chi connectivity index (χ0v) is 21.4. The number of aliphatic hydroxyl groups is 1. The highest BCUT2D eigenvalue weighted by Gasteiger charge is 2.59. The number of methoxy groups -OCH3 is 2. The van der Waals surface area contributed by atoms with Crippen molar-refractivity contribution in [2.45, 2.75) is 69.1 Å². The Morgan fingerprint density at radius 3 is 2.67 bits per heavy atom. The Morgan fingerprint density at radius 2 is 1.97 bits per heavy atom. The Morgan fingerprint density at radius 1 is 1.22 bits per heavy atom. The Kier molecular flexibility index (Phi) is 6.41. The van der Waals surface area contributed by atoms with Gasteiger partial charge in [0.1, 0.15) is 5.76 Å². The standard InChI is InChI=1S/C27H35NO8/c1-16(2)12-27(31,14-22(29)33-4)25(30)36-24-21(32-3)13-26-7-5-8-28(26)9-6-17-10-19-20(35-15-34-19)11-18(17)23(24)26/h10-11,13,16,23-24,31H,5-9,12,14-15H2,1-4H3. The van der Waals surface area contributed by atoms with Gasteiger partial charge in [0.2, 0.25) is 6.79 Å². The highest BCUT2D eigenvalue weighted by molar-refractivity contribution is 5.86. The summed E-state index contributed by atoms with van der Waals surface area (Å²) in [6.07, 6.45) is 3.67. The van der Waals surface area contributed by atoms with E-state index in [1.165, 1.54) is 7.11 Å². The van der Waals surface area contributed by atoms with Gasteiger partial charge in [-0.05, 0) is 67.5 Å². The van der Waals surface area contributed by atoms with Crippen molar-refractivity contribution in [1.82, 2.24) is 4.90 Å². The first-order valence-corrected chi connectivity index (χ1v) is 12.7. The van der Waals surface area contributed by atoms with Crippen LogP contribution in [0.5, 0.6) is 11.5 Å². The molecule has 3 heterocycles. The number of rotatable bonds is 7. The van der Waals surface area contributed by atoms with Crippen LogP contribution >= 0.6 is 0 Å². The predicted molar refractivity (Wildman–Crippen MR) is 129 cm³/mol. The molecule has 196 valence electrons. The number of carbonyl (C=O) groups is 2. The van der Waals surface area contributed by atoms with E-state index in [0.717, 1.165) is 49.2 Å². The number of ether oxygens (including phenoxy) is 5. The lowest BCUT2D eigenvalue weighted by Gasteiger charge is -2.39. The van der Waals surface area contributed by atoms with Gasteiger partial charge in [0.05, 0.1) is 32.1 Å². The summed E-state index contributed by atoms with van der Waals surface area (Å²) in [5.74, 6) is 0.123. The molecular weight excluding hydrogens is 466 g/mol. The van der Waals surface area contributed by atoms with Gasteiger partial charge in [-0.15, -0.1) is 0 Å². The van der Waals surface area contributed by atoms with Crippen molar-refractivity contribution < 1.29 is 38.4 Å². The average Bonchev–Trinajstić information content (AvgIpc) is 3.52. The molecule has 4 atom stereocenters. The fourth-order valence-corrected chi connectivity index (χ4v) is 6.53. The number of hydrogen-bond donors (Lipinski definition) is 1. The molecule has 4 aliphatic rings. The largest absolute Gasteiger partial charge is 0.497 e. The maximum atomic E-state index is 13.6. The minimum absolute atomic E-state index is 0.0526. The lowest BCUT2D eigenvalue weighted by Crippen LogP contribution is -2.49. The van der Waals surface area contributed by atoms with Gasteiger partial charge in [-0.2, -0.15) is 0 Å². The molecule has 4 unspecified atom stereocenters. The lowest BCUT2D eigenvalue weighted by atomic mass is 9.77. The molecule has 1 aromatic carbocycles. The zero-order valence-electron chi connectivity index (χ0n) is 21.4. The summed E-state index contributed by atoms with van der Waals surface area (Å²) >= 11 is 0. The van der Waals surface area contributed by atoms with E-state index in [0.29, 0.717) is 11.5 Å². The van der Waals surface area contributed by atoms with Crippen LogP contribution in [0.15, 0.2) is 24.0 Å². The second-order valence-electron chi connectivity index (χ2n) is 10.7. The van der Waals surface area contributed by atoms with Crippen LogP contribution < -0.4 is 9.47 Å². The van der Waals surface area contributed by atoms with Gasteiger partial charge in [-0.25, -0.2) is 4.79 Å². The zero-order chi connectivity index (χ0) is 25.7. The molecule has 3 aliphatic heterocycles. The van der Waals surface area contributed by atoms with E-state index in [2.05, 4.69) is 11.0 Å². The summed E-state index contributed by atoms with van der Waals surface area (Å²) in [4.78, 5) is 28.2. The van der Waals surface area contributed by atoms with Gasteiger partial charge in [0.15, 0.2) is 23.2 Å². The molecule has 1 aromatic rings. The molecule has 0 bridgehead atoms. The van der Waals surface area contributed by atoms with Crippen LogP contribution in [0.2, 0.25) is 0 Å². The summed E-state index contributed by atoms with van der Waals surface area (Å²) < 4.78 is 28.0. The first-order valence-electron chi connectivity index (χ1n) is 12.7. The lowest BCUT2D eigenvalue weighted by molar-refractivity contribution is -0.179. The molecule has 1 spiro atoms. The molecular formula is C27H35NO8. The van der Waals surface area contributed by atoms with Crippen LogP contribution in [-0.2, 0) is 30.2 Å². The van der Waals surface area contributed by atoms with Crippen LogP contribution in [0.1, 0.15) is 56.6 Å². The van der Waals surface area contributed by atoms with Crippen LogP contribution in [0.25, 0.3) is 0 Å². The molecule has 9 heteroatoms. The molecule has 0 amide bonds. The molecule has 1 fully saturated rings. The third kappa shape index (κ3) is 4.02. The van der Waals surface area contributed by atoms with E-state index < -0.39 is 30.1 Å².